The van der Waals surface area contributed by atoms with Crippen LogP contribution in [0.3, 0.4) is 0 Å². The first-order valence-corrected chi connectivity index (χ1v) is 7.52. The first-order valence-electron chi connectivity index (χ1n) is 5.70. The van der Waals surface area contributed by atoms with E-state index >= 15 is 0 Å². The van der Waals surface area contributed by atoms with Gasteiger partial charge in [-0.05, 0) is 17.7 Å². The molecule has 1 rings (SSSR count). The van der Waals surface area contributed by atoms with Gasteiger partial charge in [-0.15, -0.1) is 0 Å². The molecule has 0 aromatic heterocycles. The number of sulfonamides is 1. The molecule has 0 aliphatic heterocycles. The van der Waals surface area contributed by atoms with E-state index in [4.69, 9.17) is 17.3 Å². The zero-order valence-electron chi connectivity index (χ0n) is 10.9. The number of hydrogen-bond donors (Lipinski definition) is 1. The largest absolute Gasteiger partial charge is 0.390 e. The number of hydrogen-bond acceptors (Lipinski definition) is 3. The molecule has 1 aromatic rings. The average Bonchev–Trinajstić information content (AvgIpc) is 2.37. The Hall–Kier alpha value is -0.900. The van der Waals surface area contributed by atoms with Crippen LogP contribution in [0.4, 0.5) is 17.6 Å². The van der Waals surface area contributed by atoms with Crippen molar-refractivity contribution in [2.75, 3.05) is 13.6 Å². The molecule has 21 heavy (non-hydrogen) atoms. The van der Waals surface area contributed by atoms with Crippen LogP contribution in [0.5, 0.6) is 0 Å². The molecule has 2 N–H and O–H groups in total. The van der Waals surface area contributed by atoms with E-state index in [1.54, 1.807) is 0 Å². The van der Waals surface area contributed by atoms with E-state index in [2.05, 4.69) is 0 Å². The topological polar surface area (TPSA) is 63.4 Å². The molecule has 0 spiro atoms. The quantitative estimate of drug-likeness (QED) is 0.832. The summed E-state index contributed by atoms with van der Waals surface area (Å²) in [7, 11) is -3.27. The molecule has 0 fully saturated rings. The van der Waals surface area contributed by atoms with Crippen molar-refractivity contribution in [3.8, 4) is 0 Å². The van der Waals surface area contributed by atoms with E-state index < -0.39 is 39.9 Å². The second-order valence-corrected chi connectivity index (χ2v) is 6.70. The van der Waals surface area contributed by atoms with Gasteiger partial charge in [0.1, 0.15) is 5.82 Å². The van der Waals surface area contributed by atoms with Gasteiger partial charge in [-0.3, -0.25) is 0 Å². The second kappa shape index (κ2) is 6.47. The lowest BCUT2D eigenvalue weighted by Gasteiger charge is -2.19. The Bertz CT molecular complexity index is 619. The van der Waals surface area contributed by atoms with Gasteiger partial charge in [-0.2, -0.15) is 13.2 Å². The Kier molecular flexibility index (Phi) is 5.59. The number of alkyl halides is 3. The van der Waals surface area contributed by atoms with Crippen molar-refractivity contribution in [1.82, 2.24) is 4.31 Å². The minimum absolute atomic E-state index is 0.0551. The van der Waals surface area contributed by atoms with Crippen LogP contribution in [0, 0.1) is 5.82 Å². The van der Waals surface area contributed by atoms with Gasteiger partial charge >= 0.3 is 6.18 Å². The molecule has 0 radical (unpaired) electrons. The number of rotatable bonds is 5. The molecule has 0 aliphatic rings. The van der Waals surface area contributed by atoms with E-state index in [-0.39, 0.29) is 17.1 Å². The Morgan fingerprint density at radius 1 is 1.33 bits per heavy atom. The van der Waals surface area contributed by atoms with Crippen LogP contribution in [-0.2, 0) is 16.6 Å². The monoisotopic (exact) mass is 348 g/mol. The summed E-state index contributed by atoms with van der Waals surface area (Å²) < 4.78 is 74.6. The predicted molar refractivity (Wildman–Crippen MR) is 69.8 cm³/mol. The maximum atomic E-state index is 13.5. The molecule has 0 amide bonds. The minimum atomic E-state index is -4.49. The van der Waals surface area contributed by atoms with Gasteiger partial charge < -0.3 is 5.73 Å². The molecule has 0 atom stereocenters. The van der Waals surface area contributed by atoms with Crippen molar-refractivity contribution in [3.63, 3.8) is 0 Å². The summed E-state index contributed by atoms with van der Waals surface area (Å²) in [6, 6.07) is 1.70. The lowest BCUT2D eigenvalue weighted by molar-refractivity contribution is -0.135. The van der Waals surface area contributed by atoms with Crippen molar-refractivity contribution in [2.24, 2.45) is 5.73 Å². The normalized spacial score (nSPS) is 13.0. The summed E-state index contributed by atoms with van der Waals surface area (Å²) >= 11 is 5.60. The highest BCUT2D eigenvalue weighted by Gasteiger charge is 2.31. The molecule has 0 aliphatic carbocycles. The highest BCUT2D eigenvalue weighted by Crippen LogP contribution is 2.27. The smallest absolute Gasteiger partial charge is 0.326 e. The van der Waals surface area contributed by atoms with E-state index in [1.807, 2.05) is 0 Å². The second-order valence-electron chi connectivity index (χ2n) is 4.27. The van der Waals surface area contributed by atoms with Crippen molar-refractivity contribution in [2.45, 2.75) is 24.0 Å². The van der Waals surface area contributed by atoms with Crippen LogP contribution in [0.25, 0.3) is 0 Å². The van der Waals surface area contributed by atoms with Crippen LogP contribution < -0.4 is 5.73 Å². The average molecular weight is 349 g/mol. The van der Waals surface area contributed by atoms with Crippen LogP contribution >= 0.6 is 11.6 Å². The van der Waals surface area contributed by atoms with E-state index in [0.717, 1.165) is 13.1 Å². The zero-order valence-corrected chi connectivity index (χ0v) is 12.5. The highest BCUT2D eigenvalue weighted by atomic mass is 35.5. The van der Waals surface area contributed by atoms with Crippen molar-refractivity contribution in [1.29, 1.82) is 0 Å². The lowest BCUT2D eigenvalue weighted by Crippen LogP contribution is -2.30. The minimum Gasteiger partial charge on any atom is -0.326 e. The van der Waals surface area contributed by atoms with Gasteiger partial charge in [0.2, 0.25) is 10.0 Å². The van der Waals surface area contributed by atoms with Gasteiger partial charge in [-0.25, -0.2) is 17.1 Å². The van der Waals surface area contributed by atoms with Crippen molar-refractivity contribution in [3.05, 3.63) is 28.5 Å². The predicted octanol–water partition coefficient (Wildman–Crippen LogP) is 2.51. The van der Waals surface area contributed by atoms with E-state index in [9.17, 15) is 26.0 Å². The summed E-state index contributed by atoms with van der Waals surface area (Å²) in [6.07, 6.45) is -5.79. The zero-order chi connectivity index (χ0) is 16.4. The van der Waals surface area contributed by atoms with Gasteiger partial charge in [0.15, 0.2) is 0 Å². The number of nitrogens with zero attached hydrogens (tertiary/aromatic N) is 1. The summed E-state index contributed by atoms with van der Waals surface area (Å²) in [5, 5.41) is -0.311. The van der Waals surface area contributed by atoms with Crippen LogP contribution in [-0.4, -0.2) is 32.5 Å². The summed E-state index contributed by atoms with van der Waals surface area (Å²) in [6.45, 7) is -0.973. The van der Waals surface area contributed by atoms with Gasteiger partial charge in [-0.1, -0.05) is 11.6 Å². The number of nitrogens with two attached hydrogens (primary N) is 1. The van der Waals surface area contributed by atoms with Crippen LogP contribution in [0.2, 0.25) is 5.02 Å². The third-order valence-electron chi connectivity index (χ3n) is 2.72. The number of benzene rings is 1. The summed E-state index contributed by atoms with van der Waals surface area (Å²) in [4.78, 5) is -0.491. The molecule has 0 unspecified atom stereocenters. The van der Waals surface area contributed by atoms with Crippen LogP contribution in [0.1, 0.15) is 12.0 Å². The van der Waals surface area contributed by atoms with Gasteiger partial charge in [0.05, 0.1) is 16.3 Å². The van der Waals surface area contributed by atoms with Crippen molar-refractivity contribution < 1.29 is 26.0 Å². The Labute approximate surface area is 124 Å². The van der Waals surface area contributed by atoms with Crippen molar-refractivity contribution >= 4 is 21.6 Å². The fraction of sp³-hybridized carbons (Fsp3) is 0.455. The molecule has 0 saturated carbocycles. The molecule has 0 saturated heterocycles. The third kappa shape index (κ3) is 4.53. The van der Waals surface area contributed by atoms with E-state index in [0.29, 0.717) is 10.4 Å². The SMILES string of the molecule is CN(CCC(F)(F)F)S(=O)(=O)c1cc(F)c(Cl)c(CN)c1. The molecule has 0 heterocycles. The van der Waals surface area contributed by atoms with Crippen LogP contribution in [0.15, 0.2) is 17.0 Å². The first kappa shape index (κ1) is 18.1. The van der Waals surface area contributed by atoms with E-state index in [1.165, 1.54) is 0 Å². The molecule has 4 nitrogen and oxygen atoms in total. The first-order chi connectivity index (χ1) is 9.49. The molecular weight excluding hydrogens is 336 g/mol. The van der Waals surface area contributed by atoms with Gasteiger partial charge in [0.25, 0.3) is 0 Å². The lowest BCUT2D eigenvalue weighted by atomic mass is 10.2. The Morgan fingerprint density at radius 2 is 1.90 bits per heavy atom. The Balaban J connectivity index is 3.10. The molecular formula is C11H13ClF4N2O2S. The maximum absolute atomic E-state index is 13.5. The summed E-state index contributed by atoms with van der Waals surface area (Å²) in [5.41, 5.74) is 5.37. The number of halogens is 5. The Morgan fingerprint density at radius 3 is 2.38 bits per heavy atom. The highest BCUT2D eigenvalue weighted by molar-refractivity contribution is 7.89. The molecule has 10 heteroatoms. The van der Waals surface area contributed by atoms with Gasteiger partial charge in [0, 0.05) is 20.1 Å². The maximum Gasteiger partial charge on any atom is 0.390 e. The fourth-order valence-electron chi connectivity index (χ4n) is 1.50. The standard InChI is InChI=1S/C11H13ClF4N2O2S/c1-18(3-2-11(14,15)16)21(19,20)8-4-7(6-17)10(12)9(13)5-8/h4-5H,2-3,6,17H2,1H3. The molecule has 0 bridgehead atoms. The molecule has 120 valence electrons. The third-order valence-corrected chi connectivity index (χ3v) is 4.97. The fourth-order valence-corrected chi connectivity index (χ4v) is 2.92. The molecule has 1 aromatic carbocycles. The summed E-state index contributed by atoms with van der Waals surface area (Å²) in [5.74, 6) is -0.998.